The van der Waals surface area contributed by atoms with Crippen LogP contribution in [0.1, 0.15) is 0 Å². The minimum absolute atomic E-state index is 0.313. The number of nitrogens with two attached hydrogens (primary N) is 1. The fourth-order valence-corrected chi connectivity index (χ4v) is 3.60. The average Bonchev–Trinajstić information content (AvgIpc) is 2.73. The van der Waals surface area contributed by atoms with Gasteiger partial charge in [-0.05, 0) is 24.0 Å². The Bertz CT molecular complexity index is 677. The summed E-state index contributed by atoms with van der Waals surface area (Å²) in [5.74, 6) is 0.423. The van der Waals surface area contributed by atoms with E-state index < -0.39 is 9.84 Å². The highest BCUT2D eigenvalue weighted by molar-refractivity contribution is 7.99. The number of benzene rings is 1. The minimum Gasteiger partial charge on any atom is -0.384 e. The molecule has 0 aliphatic heterocycles. The van der Waals surface area contributed by atoms with Crippen LogP contribution < -0.4 is 5.73 Å². The molecule has 0 atom stereocenters. The van der Waals surface area contributed by atoms with Crippen molar-refractivity contribution in [3.8, 4) is 11.1 Å². The van der Waals surface area contributed by atoms with Gasteiger partial charge in [0, 0.05) is 16.7 Å². The summed E-state index contributed by atoms with van der Waals surface area (Å²) in [5.41, 5.74) is 7.17. The molecule has 7 heteroatoms. The second-order valence-corrected chi connectivity index (χ2v) is 6.67. The largest absolute Gasteiger partial charge is 0.384 e. The first-order valence-electron chi connectivity index (χ1n) is 5.11. The van der Waals surface area contributed by atoms with Crippen LogP contribution in [0.5, 0.6) is 0 Å². The van der Waals surface area contributed by atoms with Crippen molar-refractivity contribution in [2.24, 2.45) is 0 Å². The van der Waals surface area contributed by atoms with Crippen molar-refractivity contribution in [1.29, 1.82) is 0 Å². The van der Waals surface area contributed by atoms with Gasteiger partial charge in [-0.2, -0.15) is 5.10 Å². The molecule has 0 saturated heterocycles. The van der Waals surface area contributed by atoms with E-state index in [2.05, 4.69) is 10.2 Å². The number of aromatic amines is 1. The molecule has 0 bridgehead atoms. The molecule has 0 spiro atoms. The lowest BCUT2D eigenvalue weighted by Crippen LogP contribution is -2.00. The zero-order valence-electron chi connectivity index (χ0n) is 9.97. The number of rotatable bonds is 3. The summed E-state index contributed by atoms with van der Waals surface area (Å²) in [5, 5.41) is 6.45. The molecule has 0 unspecified atom stereocenters. The third kappa shape index (κ3) is 2.37. The van der Waals surface area contributed by atoms with Crippen LogP contribution in [0, 0.1) is 0 Å². The summed E-state index contributed by atoms with van der Waals surface area (Å²) in [6.45, 7) is 0. The quantitative estimate of drug-likeness (QED) is 0.838. The predicted molar refractivity (Wildman–Crippen MR) is 73.3 cm³/mol. The van der Waals surface area contributed by atoms with Crippen LogP contribution in [0.3, 0.4) is 0 Å². The van der Waals surface area contributed by atoms with E-state index in [4.69, 9.17) is 5.73 Å². The van der Waals surface area contributed by atoms with Gasteiger partial charge in [-0.1, -0.05) is 6.07 Å². The van der Waals surface area contributed by atoms with Crippen molar-refractivity contribution in [1.82, 2.24) is 10.2 Å². The van der Waals surface area contributed by atoms with Crippen molar-refractivity contribution >= 4 is 27.4 Å². The predicted octanol–water partition coefficient (Wildman–Crippen LogP) is 1.78. The molecule has 2 aromatic rings. The third-order valence-corrected chi connectivity index (χ3v) is 4.60. The number of sulfone groups is 1. The zero-order chi connectivity index (χ0) is 13.3. The smallest absolute Gasteiger partial charge is 0.176 e. The molecule has 18 heavy (non-hydrogen) atoms. The summed E-state index contributed by atoms with van der Waals surface area (Å²) in [4.78, 5) is 1.04. The number of nitrogens with one attached hydrogen (secondary N) is 1. The maximum Gasteiger partial charge on any atom is 0.176 e. The van der Waals surface area contributed by atoms with Crippen LogP contribution in [0.25, 0.3) is 11.1 Å². The highest BCUT2D eigenvalue weighted by atomic mass is 32.2. The van der Waals surface area contributed by atoms with Gasteiger partial charge in [0.25, 0.3) is 0 Å². The molecule has 0 amide bonds. The molecule has 2 rings (SSSR count). The highest BCUT2D eigenvalue weighted by Gasteiger charge is 2.15. The lowest BCUT2D eigenvalue weighted by atomic mass is 10.1. The van der Waals surface area contributed by atoms with E-state index in [0.717, 1.165) is 10.5 Å². The highest BCUT2D eigenvalue weighted by Crippen LogP contribution is 2.31. The fraction of sp³-hybridized carbons (Fsp3) is 0.182. The first kappa shape index (κ1) is 13.0. The van der Waals surface area contributed by atoms with Gasteiger partial charge < -0.3 is 5.73 Å². The maximum atomic E-state index is 11.8. The van der Waals surface area contributed by atoms with E-state index in [1.807, 2.05) is 12.3 Å². The molecule has 0 saturated carbocycles. The zero-order valence-corrected chi connectivity index (χ0v) is 11.6. The van der Waals surface area contributed by atoms with Gasteiger partial charge in [0.05, 0.1) is 11.1 Å². The number of thioether (sulfide) groups is 1. The van der Waals surface area contributed by atoms with Crippen LogP contribution in [-0.2, 0) is 9.84 Å². The molecular formula is C11H13N3O2S2. The molecule has 0 aliphatic rings. The number of anilines is 1. The second-order valence-electron chi connectivity index (χ2n) is 3.84. The third-order valence-electron chi connectivity index (χ3n) is 2.54. The Morgan fingerprint density at radius 1 is 1.39 bits per heavy atom. The Kier molecular flexibility index (Phi) is 3.36. The number of hydrogen-bond acceptors (Lipinski definition) is 5. The lowest BCUT2D eigenvalue weighted by Gasteiger charge is -2.08. The molecule has 1 heterocycles. The molecular weight excluding hydrogens is 270 g/mol. The van der Waals surface area contributed by atoms with Gasteiger partial charge in [-0.15, -0.1) is 11.8 Å². The lowest BCUT2D eigenvalue weighted by molar-refractivity contribution is 0.600. The summed E-state index contributed by atoms with van der Waals surface area (Å²) in [6, 6.07) is 5.24. The first-order valence-corrected chi connectivity index (χ1v) is 8.22. The molecule has 1 aromatic carbocycles. The number of nitrogen functional groups attached to an aromatic ring is 1. The molecule has 3 N–H and O–H groups in total. The van der Waals surface area contributed by atoms with Crippen molar-refractivity contribution in [3.63, 3.8) is 0 Å². The number of H-pyrrole nitrogens is 1. The first-order chi connectivity index (χ1) is 8.43. The standard InChI is InChI=1S/C11H13N3O2S2/c1-17-9-4-3-7(5-10(9)18(2,15)16)8-6-13-14-11(8)12/h3-6H,1-2H3,(H3,12,13,14). The second kappa shape index (κ2) is 4.66. The molecule has 0 radical (unpaired) electrons. The number of hydrogen-bond donors (Lipinski definition) is 2. The number of nitrogens with zero attached hydrogens (tertiary/aromatic N) is 1. The molecule has 96 valence electrons. The van der Waals surface area contributed by atoms with E-state index >= 15 is 0 Å². The van der Waals surface area contributed by atoms with Crippen LogP contribution in [0.15, 0.2) is 34.2 Å². The van der Waals surface area contributed by atoms with Crippen LogP contribution in [-0.4, -0.2) is 31.1 Å². The van der Waals surface area contributed by atoms with Gasteiger partial charge in [0.15, 0.2) is 9.84 Å². The van der Waals surface area contributed by atoms with E-state index in [9.17, 15) is 8.42 Å². The molecule has 5 nitrogen and oxygen atoms in total. The molecule has 0 fully saturated rings. The summed E-state index contributed by atoms with van der Waals surface area (Å²) >= 11 is 1.40. The van der Waals surface area contributed by atoms with Gasteiger partial charge in [0.2, 0.25) is 0 Å². The van der Waals surface area contributed by atoms with Gasteiger partial charge >= 0.3 is 0 Å². The van der Waals surface area contributed by atoms with Gasteiger partial charge in [-0.25, -0.2) is 8.42 Å². The maximum absolute atomic E-state index is 11.8. The van der Waals surface area contributed by atoms with Crippen molar-refractivity contribution in [2.45, 2.75) is 9.79 Å². The van der Waals surface area contributed by atoms with Crippen LogP contribution in [0.2, 0.25) is 0 Å². The Labute approximate surface area is 110 Å². The topological polar surface area (TPSA) is 88.8 Å². The van der Waals surface area contributed by atoms with E-state index in [0.29, 0.717) is 16.3 Å². The monoisotopic (exact) mass is 283 g/mol. The summed E-state index contributed by atoms with van der Waals surface area (Å²) < 4.78 is 23.5. The fourth-order valence-electron chi connectivity index (χ4n) is 1.66. The van der Waals surface area contributed by atoms with Crippen molar-refractivity contribution in [3.05, 3.63) is 24.4 Å². The summed E-state index contributed by atoms with van der Waals surface area (Å²) in [7, 11) is -3.26. The van der Waals surface area contributed by atoms with E-state index in [1.165, 1.54) is 18.0 Å². The normalized spacial score (nSPS) is 11.7. The van der Waals surface area contributed by atoms with E-state index in [-0.39, 0.29) is 0 Å². The average molecular weight is 283 g/mol. The Hall–Kier alpha value is -1.47. The summed E-state index contributed by atoms with van der Waals surface area (Å²) in [6.07, 6.45) is 4.62. The van der Waals surface area contributed by atoms with E-state index in [1.54, 1.807) is 18.3 Å². The van der Waals surface area contributed by atoms with Crippen LogP contribution >= 0.6 is 11.8 Å². The Morgan fingerprint density at radius 3 is 2.61 bits per heavy atom. The van der Waals surface area contributed by atoms with Gasteiger partial charge in [0.1, 0.15) is 5.82 Å². The SMILES string of the molecule is CSc1ccc(-c2cn[nH]c2N)cc1S(C)(=O)=O. The molecule has 1 aromatic heterocycles. The van der Waals surface area contributed by atoms with Gasteiger partial charge in [-0.3, -0.25) is 5.10 Å². The molecule has 0 aliphatic carbocycles. The number of aromatic nitrogens is 2. The Morgan fingerprint density at radius 2 is 2.11 bits per heavy atom. The Balaban J connectivity index is 2.64. The van der Waals surface area contributed by atoms with Crippen molar-refractivity contribution in [2.75, 3.05) is 18.2 Å². The van der Waals surface area contributed by atoms with Crippen LogP contribution in [0.4, 0.5) is 5.82 Å². The van der Waals surface area contributed by atoms with Crippen molar-refractivity contribution < 1.29 is 8.42 Å². The minimum atomic E-state index is -3.26.